The van der Waals surface area contributed by atoms with Crippen LogP contribution in [0, 0.1) is 0 Å². The molecule has 0 aliphatic heterocycles. The Bertz CT molecular complexity index is 341. The second-order valence-electron chi connectivity index (χ2n) is 3.11. The topological polar surface area (TPSA) is 30.7 Å². The second kappa shape index (κ2) is 13.4. The first-order valence-corrected chi connectivity index (χ1v) is 5.21. The van der Waals surface area contributed by atoms with Crippen LogP contribution in [0.4, 0.5) is 0 Å². The smallest absolute Gasteiger partial charge is 0.0945 e. The quantitative estimate of drug-likeness (QED) is 0.789. The lowest BCUT2D eigenvalue weighted by Crippen LogP contribution is -1.85. The summed E-state index contributed by atoms with van der Waals surface area (Å²) >= 11 is 0. The zero-order valence-corrected chi connectivity index (χ0v) is 9.30. The molecule has 3 nitrogen and oxygen atoms in total. The van der Waals surface area contributed by atoms with Crippen molar-refractivity contribution in [3.05, 3.63) is 48.8 Å². The van der Waals surface area contributed by atoms with E-state index in [1.807, 2.05) is 23.0 Å². The Morgan fingerprint density at radius 3 is 2.06 bits per heavy atom. The predicted molar refractivity (Wildman–Crippen MR) is 81.7 cm³/mol. The molecule has 104 valence electrons. The Morgan fingerprint density at radius 2 is 1.78 bits per heavy atom. The maximum atomic E-state index is 3.96. The van der Waals surface area contributed by atoms with Gasteiger partial charge in [0, 0.05) is 31.3 Å². The van der Waals surface area contributed by atoms with Crippen molar-refractivity contribution >= 4 is 0 Å². The van der Waals surface area contributed by atoms with Crippen LogP contribution in [0.15, 0.2) is 43.2 Å². The highest BCUT2D eigenvalue weighted by molar-refractivity contribution is 5.07. The van der Waals surface area contributed by atoms with Crippen molar-refractivity contribution in [3.8, 4) is 0 Å². The van der Waals surface area contributed by atoms with Crippen LogP contribution < -0.4 is 0 Å². The van der Waals surface area contributed by atoms with E-state index in [-0.39, 0.29) is 22.3 Å². The molecule has 0 saturated heterocycles. The van der Waals surface area contributed by atoms with Gasteiger partial charge in [-0.3, -0.25) is 4.98 Å². The van der Waals surface area contributed by atoms with Crippen LogP contribution in [0.5, 0.6) is 0 Å². The van der Waals surface area contributed by atoms with Gasteiger partial charge in [0.25, 0.3) is 0 Å². The van der Waals surface area contributed by atoms with Gasteiger partial charge in [-0.25, -0.2) is 4.98 Å². The van der Waals surface area contributed by atoms with Crippen LogP contribution in [-0.4, -0.2) is 14.5 Å². The Labute approximate surface area is 113 Å². The van der Waals surface area contributed by atoms with Crippen molar-refractivity contribution in [3.63, 3.8) is 0 Å². The molecule has 18 heavy (non-hydrogen) atoms. The van der Waals surface area contributed by atoms with Gasteiger partial charge in [0.15, 0.2) is 0 Å². The Hall–Kier alpha value is -1.64. The molecule has 0 spiro atoms. The summed E-state index contributed by atoms with van der Waals surface area (Å²) in [5, 5.41) is 0. The lowest BCUT2D eigenvalue weighted by atomic mass is 10.2. The summed E-state index contributed by atoms with van der Waals surface area (Å²) in [5.41, 5.74) is 1.30. The first kappa shape index (κ1) is 21.6. The average molecular weight is 251 g/mol. The SMILES string of the molecule is C.C.C.CCc1cccnc1.CCn1ccnc1. The number of aromatic nitrogens is 3. The molecular formula is C15H29N3. The molecule has 0 aliphatic carbocycles. The first-order valence-electron chi connectivity index (χ1n) is 5.21. The van der Waals surface area contributed by atoms with E-state index in [1.165, 1.54) is 5.56 Å². The molecule has 0 bridgehead atoms. The molecular weight excluding hydrogens is 222 g/mol. The summed E-state index contributed by atoms with van der Waals surface area (Å²) < 4.78 is 2.01. The van der Waals surface area contributed by atoms with E-state index in [0.29, 0.717) is 0 Å². The highest BCUT2D eigenvalue weighted by Crippen LogP contribution is 1.93. The fraction of sp³-hybridized carbons (Fsp3) is 0.467. The fourth-order valence-corrected chi connectivity index (χ4v) is 1.08. The highest BCUT2D eigenvalue weighted by atomic mass is 15.0. The van der Waals surface area contributed by atoms with E-state index in [1.54, 1.807) is 18.7 Å². The van der Waals surface area contributed by atoms with Crippen LogP contribution in [0.25, 0.3) is 0 Å². The molecule has 0 fully saturated rings. The molecule has 2 aromatic rings. The van der Waals surface area contributed by atoms with E-state index < -0.39 is 0 Å². The molecule has 0 saturated carbocycles. The summed E-state index contributed by atoms with van der Waals surface area (Å²) in [6, 6.07) is 4.03. The van der Waals surface area contributed by atoms with Crippen molar-refractivity contribution in [1.29, 1.82) is 0 Å². The number of aryl methyl sites for hydroxylation is 2. The van der Waals surface area contributed by atoms with Crippen molar-refractivity contribution in [1.82, 2.24) is 14.5 Å². The number of imidazole rings is 1. The minimum absolute atomic E-state index is 0. The lowest BCUT2D eigenvalue weighted by molar-refractivity contribution is 0.761. The van der Waals surface area contributed by atoms with Gasteiger partial charge >= 0.3 is 0 Å². The normalized spacial score (nSPS) is 7.67. The zero-order valence-electron chi connectivity index (χ0n) is 9.30. The number of rotatable bonds is 2. The van der Waals surface area contributed by atoms with Gasteiger partial charge in [0.05, 0.1) is 6.33 Å². The van der Waals surface area contributed by atoms with Crippen molar-refractivity contribution < 1.29 is 0 Å². The molecule has 3 heteroatoms. The molecule has 2 aromatic heterocycles. The average Bonchev–Trinajstić information content (AvgIpc) is 2.84. The van der Waals surface area contributed by atoms with Gasteiger partial charge in [0.1, 0.15) is 0 Å². The van der Waals surface area contributed by atoms with Crippen LogP contribution in [0.3, 0.4) is 0 Å². The van der Waals surface area contributed by atoms with Crippen molar-refractivity contribution in [2.24, 2.45) is 0 Å². The highest BCUT2D eigenvalue weighted by Gasteiger charge is 1.81. The minimum atomic E-state index is 0. The summed E-state index contributed by atoms with van der Waals surface area (Å²) in [5.74, 6) is 0. The standard InChI is InChI=1S/C7H9N.C5H8N2.3CH4/c1-2-7-4-3-5-8-6-7;1-2-7-4-3-6-5-7;;;/h3-6H,2H2,1H3;3-5H,2H2,1H3;3*1H4. The van der Waals surface area contributed by atoms with E-state index in [0.717, 1.165) is 13.0 Å². The molecule has 0 amide bonds. The maximum absolute atomic E-state index is 3.96. The monoisotopic (exact) mass is 251 g/mol. The van der Waals surface area contributed by atoms with E-state index >= 15 is 0 Å². The number of pyridine rings is 1. The van der Waals surface area contributed by atoms with Crippen molar-refractivity contribution in [2.75, 3.05) is 0 Å². The number of hydrogen-bond donors (Lipinski definition) is 0. The molecule has 0 N–H and O–H groups in total. The predicted octanol–water partition coefficient (Wildman–Crippen LogP) is 4.46. The molecule has 2 rings (SSSR count). The molecule has 0 unspecified atom stereocenters. The summed E-state index contributed by atoms with van der Waals surface area (Å²) in [6.45, 7) is 5.22. The van der Waals surface area contributed by atoms with Gasteiger partial charge in [0.2, 0.25) is 0 Å². The second-order valence-corrected chi connectivity index (χ2v) is 3.11. The maximum Gasteiger partial charge on any atom is 0.0945 e. The summed E-state index contributed by atoms with van der Waals surface area (Å²) in [6.07, 6.45) is 10.3. The molecule has 0 atom stereocenters. The van der Waals surface area contributed by atoms with Gasteiger partial charge < -0.3 is 4.57 Å². The Morgan fingerprint density at radius 1 is 1.06 bits per heavy atom. The van der Waals surface area contributed by atoms with Gasteiger partial charge in [-0.1, -0.05) is 35.3 Å². The third-order valence-electron chi connectivity index (χ3n) is 2.06. The van der Waals surface area contributed by atoms with Crippen LogP contribution >= 0.6 is 0 Å². The van der Waals surface area contributed by atoms with Crippen LogP contribution in [-0.2, 0) is 13.0 Å². The Kier molecular flexibility index (Phi) is 16.1. The van der Waals surface area contributed by atoms with Gasteiger partial charge in [-0.15, -0.1) is 0 Å². The number of nitrogens with zero attached hydrogens (tertiary/aromatic N) is 3. The van der Waals surface area contributed by atoms with E-state index in [2.05, 4.69) is 29.9 Å². The van der Waals surface area contributed by atoms with E-state index in [9.17, 15) is 0 Å². The third kappa shape index (κ3) is 8.50. The Balaban J connectivity index is -0.000000215. The van der Waals surface area contributed by atoms with Crippen molar-refractivity contribution in [2.45, 2.75) is 49.1 Å². The fourth-order valence-electron chi connectivity index (χ4n) is 1.08. The molecule has 2 heterocycles. The first-order chi connectivity index (χ1) is 7.36. The lowest BCUT2D eigenvalue weighted by Gasteiger charge is -1.88. The third-order valence-corrected chi connectivity index (χ3v) is 2.06. The summed E-state index contributed by atoms with van der Waals surface area (Å²) in [4.78, 5) is 7.81. The van der Waals surface area contributed by atoms with Crippen LogP contribution in [0.2, 0.25) is 0 Å². The minimum Gasteiger partial charge on any atom is -0.338 e. The zero-order chi connectivity index (χ0) is 10.9. The largest absolute Gasteiger partial charge is 0.338 e. The van der Waals surface area contributed by atoms with Crippen LogP contribution in [0.1, 0.15) is 41.7 Å². The molecule has 0 aromatic carbocycles. The van der Waals surface area contributed by atoms with Gasteiger partial charge in [-0.05, 0) is 25.0 Å². The molecule has 0 aliphatic rings. The molecule has 0 radical (unpaired) electrons. The summed E-state index contributed by atoms with van der Waals surface area (Å²) in [7, 11) is 0. The van der Waals surface area contributed by atoms with E-state index in [4.69, 9.17) is 0 Å². The van der Waals surface area contributed by atoms with Gasteiger partial charge in [-0.2, -0.15) is 0 Å². The number of hydrogen-bond acceptors (Lipinski definition) is 2.